The lowest BCUT2D eigenvalue weighted by Gasteiger charge is -2.16. The number of benzene rings is 1. The molecule has 0 unspecified atom stereocenters. The zero-order valence-electron chi connectivity index (χ0n) is 14.2. The summed E-state index contributed by atoms with van der Waals surface area (Å²) in [6, 6.07) is 4.40. The van der Waals surface area contributed by atoms with Crippen molar-refractivity contribution in [3.05, 3.63) is 47.8 Å². The van der Waals surface area contributed by atoms with Crippen molar-refractivity contribution in [3.8, 4) is 5.75 Å². The molecule has 0 saturated heterocycles. The Kier molecular flexibility index (Phi) is 5.51. The largest absolute Gasteiger partial charge is 0.468 e. The van der Waals surface area contributed by atoms with Crippen LogP contribution in [0.4, 0.5) is 8.78 Å². The van der Waals surface area contributed by atoms with Gasteiger partial charge < -0.3 is 10.1 Å². The number of aromatic nitrogens is 2. The Hall–Kier alpha value is -2.77. The van der Waals surface area contributed by atoms with E-state index in [4.69, 9.17) is 4.74 Å². The fraction of sp³-hybridized carbons (Fsp3) is 0.353. The number of hydrogen-bond donors (Lipinski definition) is 1. The molecule has 1 heterocycles. The van der Waals surface area contributed by atoms with Gasteiger partial charge in [0.25, 0.3) is 5.91 Å². The number of Topliss-reactive ketones (excluding diaryl/α,β-unsaturated/α-hetero) is 1. The summed E-state index contributed by atoms with van der Waals surface area (Å²) in [6.07, 6.45) is 1.47. The van der Waals surface area contributed by atoms with Crippen LogP contribution in [0.25, 0.3) is 0 Å². The van der Waals surface area contributed by atoms with Gasteiger partial charge in [-0.15, -0.1) is 0 Å². The predicted molar refractivity (Wildman–Crippen MR) is 86.0 cm³/mol. The molecule has 0 bridgehead atoms. The molecule has 1 aromatic carbocycles. The number of carbonyl (C=O) groups is 2. The standard InChI is InChI=1S/C17H19F2N3O3/c1-17(2,3)15(23)9-20-16(24)13-6-7-22(21-13)10-25-14-5-4-11(18)8-12(14)19/h4-8H,9-10H2,1-3H3,(H,20,24). The van der Waals surface area contributed by atoms with Gasteiger partial charge in [-0.25, -0.2) is 13.5 Å². The average molecular weight is 351 g/mol. The molecule has 0 spiro atoms. The molecule has 2 rings (SSSR count). The van der Waals surface area contributed by atoms with Crippen molar-refractivity contribution >= 4 is 11.7 Å². The third-order valence-corrected chi connectivity index (χ3v) is 3.37. The number of nitrogens with one attached hydrogen (secondary N) is 1. The molecule has 0 aliphatic heterocycles. The molecule has 25 heavy (non-hydrogen) atoms. The molecule has 8 heteroatoms. The van der Waals surface area contributed by atoms with Crippen molar-refractivity contribution in [3.63, 3.8) is 0 Å². The lowest BCUT2D eigenvalue weighted by molar-refractivity contribution is -0.125. The number of rotatable bonds is 6. The summed E-state index contributed by atoms with van der Waals surface area (Å²) in [5, 5.41) is 6.49. The Bertz CT molecular complexity index is 782. The second-order valence-electron chi connectivity index (χ2n) is 6.44. The minimum absolute atomic E-state index is 0.0908. The van der Waals surface area contributed by atoms with E-state index in [0.717, 1.165) is 6.07 Å². The van der Waals surface area contributed by atoms with Crippen LogP contribution in [-0.4, -0.2) is 28.0 Å². The lowest BCUT2D eigenvalue weighted by Crippen LogP contribution is -2.35. The number of carbonyl (C=O) groups excluding carboxylic acids is 2. The highest BCUT2D eigenvalue weighted by atomic mass is 19.1. The van der Waals surface area contributed by atoms with E-state index in [1.807, 2.05) is 0 Å². The highest BCUT2D eigenvalue weighted by molar-refractivity contribution is 5.96. The molecule has 0 atom stereocenters. The van der Waals surface area contributed by atoms with Crippen LogP contribution in [0.2, 0.25) is 0 Å². The molecule has 2 aromatic rings. The Labute approximate surface area is 143 Å². The van der Waals surface area contributed by atoms with Gasteiger partial charge in [0.1, 0.15) is 11.5 Å². The average Bonchev–Trinajstić information content (AvgIpc) is 2.99. The smallest absolute Gasteiger partial charge is 0.272 e. The van der Waals surface area contributed by atoms with E-state index < -0.39 is 23.0 Å². The number of amides is 1. The first-order valence-electron chi connectivity index (χ1n) is 7.59. The van der Waals surface area contributed by atoms with Crippen molar-refractivity contribution in [2.75, 3.05) is 6.54 Å². The van der Waals surface area contributed by atoms with Gasteiger partial charge in [0.15, 0.2) is 24.1 Å². The van der Waals surface area contributed by atoms with Gasteiger partial charge in [-0.05, 0) is 18.2 Å². The van der Waals surface area contributed by atoms with Crippen LogP contribution in [0.1, 0.15) is 31.3 Å². The minimum atomic E-state index is -0.828. The topological polar surface area (TPSA) is 73.2 Å². The first-order valence-corrected chi connectivity index (χ1v) is 7.59. The van der Waals surface area contributed by atoms with Gasteiger partial charge in [0.05, 0.1) is 6.54 Å². The van der Waals surface area contributed by atoms with E-state index >= 15 is 0 Å². The third kappa shape index (κ3) is 5.10. The summed E-state index contributed by atoms with van der Waals surface area (Å²) in [5.74, 6) is -2.25. The summed E-state index contributed by atoms with van der Waals surface area (Å²) < 4.78 is 32.8. The maximum atomic E-state index is 13.5. The van der Waals surface area contributed by atoms with E-state index in [1.165, 1.54) is 23.0 Å². The Morgan fingerprint density at radius 1 is 1.24 bits per heavy atom. The summed E-state index contributed by atoms with van der Waals surface area (Å²) in [6.45, 7) is 5.05. The maximum Gasteiger partial charge on any atom is 0.272 e. The summed E-state index contributed by atoms with van der Waals surface area (Å²) in [5.41, 5.74) is -0.440. The van der Waals surface area contributed by atoms with Crippen LogP contribution >= 0.6 is 0 Å². The number of hydrogen-bond acceptors (Lipinski definition) is 4. The number of halogens is 2. The number of ether oxygens (including phenoxy) is 1. The lowest BCUT2D eigenvalue weighted by atomic mass is 9.91. The van der Waals surface area contributed by atoms with Crippen molar-refractivity contribution in [2.45, 2.75) is 27.5 Å². The van der Waals surface area contributed by atoms with Crippen molar-refractivity contribution in [1.29, 1.82) is 0 Å². The van der Waals surface area contributed by atoms with Gasteiger partial charge in [0.2, 0.25) is 0 Å². The van der Waals surface area contributed by atoms with Gasteiger partial charge in [-0.2, -0.15) is 5.10 Å². The van der Waals surface area contributed by atoms with Crippen LogP contribution in [0.5, 0.6) is 5.75 Å². The molecule has 1 amide bonds. The molecule has 0 aliphatic carbocycles. The van der Waals surface area contributed by atoms with Gasteiger partial charge in [-0.3, -0.25) is 9.59 Å². The van der Waals surface area contributed by atoms with Crippen LogP contribution in [-0.2, 0) is 11.5 Å². The van der Waals surface area contributed by atoms with E-state index in [2.05, 4.69) is 10.4 Å². The molecule has 134 valence electrons. The summed E-state index contributed by atoms with van der Waals surface area (Å²) in [4.78, 5) is 23.8. The quantitative estimate of drug-likeness (QED) is 0.868. The summed E-state index contributed by atoms with van der Waals surface area (Å²) in [7, 11) is 0. The van der Waals surface area contributed by atoms with Crippen molar-refractivity contribution in [2.24, 2.45) is 5.41 Å². The molecule has 1 aromatic heterocycles. The molecule has 0 radical (unpaired) electrons. The Morgan fingerprint density at radius 2 is 1.96 bits per heavy atom. The molecular formula is C17H19F2N3O3. The molecule has 6 nitrogen and oxygen atoms in total. The maximum absolute atomic E-state index is 13.5. The molecule has 0 saturated carbocycles. The van der Waals surface area contributed by atoms with Crippen LogP contribution in [0.3, 0.4) is 0 Å². The molecular weight excluding hydrogens is 332 g/mol. The van der Waals surface area contributed by atoms with Gasteiger partial charge in [-0.1, -0.05) is 20.8 Å². The van der Waals surface area contributed by atoms with Gasteiger partial charge in [0, 0.05) is 17.7 Å². The normalized spacial score (nSPS) is 11.2. The highest BCUT2D eigenvalue weighted by Gasteiger charge is 2.22. The zero-order chi connectivity index (χ0) is 18.6. The zero-order valence-corrected chi connectivity index (χ0v) is 14.2. The number of nitrogens with zero attached hydrogens (tertiary/aromatic N) is 2. The monoisotopic (exact) mass is 351 g/mol. The summed E-state index contributed by atoms with van der Waals surface area (Å²) >= 11 is 0. The molecule has 0 aliphatic rings. The van der Waals surface area contributed by atoms with E-state index in [-0.39, 0.29) is 30.5 Å². The first kappa shape index (κ1) is 18.6. The van der Waals surface area contributed by atoms with Crippen molar-refractivity contribution in [1.82, 2.24) is 15.1 Å². The van der Waals surface area contributed by atoms with E-state index in [9.17, 15) is 18.4 Å². The highest BCUT2D eigenvalue weighted by Crippen LogP contribution is 2.18. The van der Waals surface area contributed by atoms with Crippen molar-refractivity contribution < 1.29 is 23.1 Å². The van der Waals surface area contributed by atoms with Crippen LogP contribution < -0.4 is 10.1 Å². The fourth-order valence-electron chi connectivity index (χ4n) is 1.80. The third-order valence-electron chi connectivity index (χ3n) is 3.37. The first-order chi connectivity index (χ1) is 11.7. The predicted octanol–water partition coefficient (Wildman–Crippen LogP) is 2.54. The Morgan fingerprint density at radius 3 is 2.60 bits per heavy atom. The fourth-order valence-corrected chi connectivity index (χ4v) is 1.80. The number of ketones is 1. The second-order valence-corrected chi connectivity index (χ2v) is 6.44. The Balaban J connectivity index is 1.91. The SMILES string of the molecule is CC(C)(C)C(=O)CNC(=O)c1ccn(COc2ccc(F)cc2F)n1. The van der Waals surface area contributed by atoms with Crippen LogP contribution in [0.15, 0.2) is 30.5 Å². The van der Waals surface area contributed by atoms with Gasteiger partial charge >= 0.3 is 0 Å². The molecule has 1 N–H and O–H groups in total. The van der Waals surface area contributed by atoms with E-state index in [1.54, 1.807) is 20.8 Å². The van der Waals surface area contributed by atoms with Crippen LogP contribution in [0, 0.1) is 17.0 Å². The van der Waals surface area contributed by atoms with E-state index in [0.29, 0.717) is 6.07 Å². The second kappa shape index (κ2) is 7.42. The molecule has 0 fully saturated rings. The minimum Gasteiger partial charge on any atom is -0.468 e.